The van der Waals surface area contributed by atoms with E-state index in [-0.39, 0.29) is 5.91 Å². The second kappa shape index (κ2) is 8.62. The normalized spacial score (nSPS) is 10.2. The molecule has 0 saturated carbocycles. The minimum atomic E-state index is -0.272. The van der Waals surface area contributed by atoms with Crippen molar-refractivity contribution in [2.45, 2.75) is 6.42 Å². The Morgan fingerprint density at radius 1 is 1.04 bits per heavy atom. The van der Waals surface area contributed by atoms with Gasteiger partial charge in [-0.05, 0) is 30.2 Å². The van der Waals surface area contributed by atoms with E-state index in [1.54, 1.807) is 13.2 Å². The third-order valence-electron chi connectivity index (χ3n) is 3.82. The highest BCUT2D eigenvalue weighted by Crippen LogP contribution is 2.18. The van der Waals surface area contributed by atoms with Gasteiger partial charge in [0.15, 0.2) is 0 Å². The zero-order valence-electron chi connectivity index (χ0n) is 14.5. The number of anilines is 2. The number of hydrogen-bond acceptors (Lipinski definition) is 5. The minimum Gasteiger partial charge on any atom is -0.496 e. The number of carbonyl (C=O) groups is 1. The first-order valence-electron chi connectivity index (χ1n) is 8.30. The van der Waals surface area contributed by atoms with Crippen molar-refractivity contribution in [1.82, 2.24) is 9.97 Å². The van der Waals surface area contributed by atoms with E-state index in [4.69, 9.17) is 4.74 Å². The van der Waals surface area contributed by atoms with Crippen LogP contribution in [0.25, 0.3) is 0 Å². The van der Waals surface area contributed by atoms with Gasteiger partial charge in [0, 0.05) is 18.3 Å². The van der Waals surface area contributed by atoms with Gasteiger partial charge in [-0.15, -0.1) is 0 Å². The first kappa shape index (κ1) is 17.4. The van der Waals surface area contributed by atoms with E-state index < -0.39 is 0 Å². The molecule has 0 aliphatic heterocycles. The van der Waals surface area contributed by atoms with Crippen molar-refractivity contribution in [1.29, 1.82) is 0 Å². The molecule has 3 rings (SSSR count). The van der Waals surface area contributed by atoms with E-state index in [2.05, 4.69) is 20.6 Å². The SMILES string of the molecule is COc1ccccc1CCNc1cc(C(=O)Nc2ccccc2)ncn1. The van der Waals surface area contributed by atoms with Gasteiger partial charge >= 0.3 is 0 Å². The highest BCUT2D eigenvalue weighted by molar-refractivity contribution is 6.03. The van der Waals surface area contributed by atoms with Crippen molar-refractivity contribution in [2.24, 2.45) is 0 Å². The first-order chi connectivity index (χ1) is 12.8. The summed E-state index contributed by atoms with van der Waals surface area (Å²) < 4.78 is 5.35. The Bertz CT molecular complexity index is 868. The van der Waals surface area contributed by atoms with Gasteiger partial charge in [-0.25, -0.2) is 9.97 Å². The summed E-state index contributed by atoms with van der Waals surface area (Å²) in [5.41, 5.74) is 2.14. The molecule has 0 bridgehead atoms. The molecule has 0 fully saturated rings. The lowest BCUT2D eigenvalue weighted by atomic mass is 10.1. The fourth-order valence-corrected chi connectivity index (χ4v) is 2.53. The molecule has 0 aliphatic carbocycles. The Kier molecular flexibility index (Phi) is 5.77. The summed E-state index contributed by atoms with van der Waals surface area (Å²) in [6, 6.07) is 18.8. The van der Waals surface area contributed by atoms with Crippen LogP contribution < -0.4 is 15.4 Å². The Morgan fingerprint density at radius 3 is 2.62 bits per heavy atom. The van der Waals surface area contributed by atoms with E-state index in [0.717, 1.165) is 23.4 Å². The van der Waals surface area contributed by atoms with Crippen molar-refractivity contribution in [2.75, 3.05) is 24.3 Å². The van der Waals surface area contributed by atoms with Crippen LogP contribution in [-0.4, -0.2) is 29.5 Å². The fraction of sp³-hybridized carbons (Fsp3) is 0.150. The second-order valence-corrected chi connectivity index (χ2v) is 5.60. The number of rotatable bonds is 7. The van der Waals surface area contributed by atoms with Crippen LogP contribution in [0.4, 0.5) is 11.5 Å². The molecule has 0 atom stereocenters. The van der Waals surface area contributed by atoms with Crippen molar-refractivity contribution in [3.8, 4) is 5.75 Å². The molecule has 0 saturated heterocycles. The quantitative estimate of drug-likeness (QED) is 0.684. The van der Waals surface area contributed by atoms with E-state index in [1.807, 2.05) is 54.6 Å². The number of hydrogen-bond donors (Lipinski definition) is 2. The second-order valence-electron chi connectivity index (χ2n) is 5.60. The van der Waals surface area contributed by atoms with Gasteiger partial charge in [0.25, 0.3) is 5.91 Å². The molecule has 6 nitrogen and oxygen atoms in total. The van der Waals surface area contributed by atoms with Crippen LogP contribution in [0.5, 0.6) is 5.75 Å². The first-order valence-corrected chi connectivity index (χ1v) is 8.30. The van der Waals surface area contributed by atoms with Gasteiger partial charge in [0.05, 0.1) is 7.11 Å². The van der Waals surface area contributed by atoms with E-state index in [9.17, 15) is 4.79 Å². The average Bonchev–Trinajstić information content (AvgIpc) is 2.69. The predicted octanol–water partition coefficient (Wildman–Crippen LogP) is 3.39. The predicted molar refractivity (Wildman–Crippen MR) is 102 cm³/mol. The maximum atomic E-state index is 12.3. The van der Waals surface area contributed by atoms with Gasteiger partial charge < -0.3 is 15.4 Å². The van der Waals surface area contributed by atoms with Gasteiger partial charge in [-0.2, -0.15) is 0 Å². The number of nitrogens with zero attached hydrogens (tertiary/aromatic N) is 2. The number of aromatic nitrogens is 2. The third kappa shape index (κ3) is 4.57. The summed E-state index contributed by atoms with van der Waals surface area (Å²) >= 11 is 0. The molecule has 26 heavy (non-hydrogen) atoms. The molecule has 1 aromatic heterocycles. The molecule has 6 heteroatoms. The Labute approximate surface area is 152 Å². The largest absolute Gasteiger partial charge is 0.496 e. The van der Waals surface area contributed by atoms with Crippen LogP contribution in [0.2, 0.25) is 0 Å². The number of nitrogens with one attached hydrogen (secondary N) is 2. The molecule has 0 radical (unpaired) electrons. The molecule has 2 N–H and O–H groups in total. The molecule has 0 unspecified atom stereocenters. The maximum Gasteiger partial charge on any atom is 0.274 e. The summed E-state index contributed by atoms with van der Waals surface area (Å²) in [5, 5.41) is 6.03. The lowest BCUT2D eigenvalue weighted by Crippen LogP contribution is -2.15. The van der Waals surface area contributed by atoms with Gasteiger partial charge in [0.1, 0.15) is 23.6 Å². The Morgan fingerprint density at radius 2 is 1.81 bits per heavy atom. The summed E-state index contributed by atoms with van der Waals surface area (Å²) in [7, 11) is 1.66. The van der Waals surface area contributed by atoms with Crippen molar-refractivity contribution in [3.05, 3.63) is 78.2 Å². The summed E-state index contributed by atoms with van der Waals surface area (Å²) in [6.07, 6.45) is 2.16. The van der Waals surface area contributed by atoms with Crippen LogP contribution in [0.3, 0.4) is 0 Å². The number of amides is 1. The molecule has 2 aromatic carbocycles. The lowest BCUT2D eigenvalue weighted by molar-refractivity contribution is 0.102. The molecule has 3 aromatic rings. The standard InChI is InChI=1S/C20H20N4O2/c1-26-18-10-6-5-7-15(18)11-12-21-19-13-17(22-14-23-19)20(25)24-16-8-3-2-4-9-16/h2-10,13-14H,11-12H2,1H3,(H,24,25)(H,21,22,23). The third-order valence-corrected chi connectivity index (χ3v) is 3.82. The number of para-hydroxylation sites is 2. The zero-order chi connectivity index (χ0) is 18.2. The number of benzene rings is 2. The Hall–Kier alpha value is -3.41. The number of ether oxygens (including phenoxy) is 1. The topological polar surface area (TPSA) is 76.1 Å². The maximum absolute atomic E-state index is 12.3. The van der Waals surface area contributed by atoms with Crippen LogP contribution in [0.1, 0.15) is 16.1 Å². The van der Waals surface area contributed by atoms with Crippen molar-refractivity contribution >= 4 is 17.4 Å². The molecule has 132 valence electrons. The number of methoxy groups -OCH3 is 1. The van der Waals surface area contributed by atoms with Crippen molar-refractivity contribution in [3.63, 3.8) is 0 Å². The zero-order valence-corrected chi connectivity index (χ0v) is 14.5. The van der Waals surface area contributed by atoms with E-state index in [0.29, 0.717) is 18.1 Å². The molecule has 0 spiro atoms. The summed E-state index contributed by atoms with van der Waals surface area (Å²) in [6.45, 7) is 0.664. The highest BCUT2D eigenvalue weighted by Gasteiger charge is 2.09. The van der Waals surface area contributed by atoms with Crippen LogP contribution in [0, 0.1) is 0 Å². The van der Waals surface area contributed by atoms with Crippen LogP contribution in [-0.2, 0) is 6.42 Å². The molecule has 1 heterocycles. The van der Waals surface area contributed by atoms with Gasteiger partial charge in [-0.1, -0.05) is 36.4 Å². The van der Waals surface area contributed by atoms with E-state index in [1.165, 1.54) is 6.33 Å². The van der Waals surface area contributed by atoms with E-state index >= 15 is 0 Å². The average molecular weight is 348 g/mol. The fourth-order valence-electron chi connectivity index (χ4n) is 2.53. The highest BCUT2D eigenvalue weighted by atomic mass is 16.5. The monoisotopic (exact) mass is 348 g/mol. The van der Waals surface area contributed by atoms with Crippen molar-refractivity contribution < 1.29 is 9.53 Å². The van der Waals surface area contributed by atoms with Crippen LogP contribution in [0.15, 0.2) is 67.0 Å². The lowest BCUT2D eigenvalue weighted by Gasteiger charge is -2.10. The molecular weight excluding hydrogens is 328 g/mol. The molecule has 1 amide bonds. The molecular formula is C20H20N4O2. The minimum absolute atomic E-state index is 0.272. The summed E-state index contributed by atoms with van der Waals surface area (Å²) in [4.78, 5) is 20.5. The van der Waals surface area contributed by atoms with Crippen LogP contribution >= 0.6 is 0 Å². The Balaban J connectivity index is 1.59. The van der Waals surface area contributed by atoms with Gasteiger partial charge in [0.2, 0.25) is 0 Å². The number of carbonyl (C=O) groups excluding carboxylic acids is 1. The smallest absolute Gasteiger partial charge is 0.274 e. The van der Waals surface area contributed by atoms with Gasteiger partial charge in [-0.3, -0.25) is 4.79 Å². The summed E-state index contributed by atoms with van der Waals surface area (Å²) in [5.74, 6) is 1.19. The molecule has 0 aliphatic rings.